The predicted molar refractivity (Wildman–Crippen MR) is 84.2 cm³/mol. The molecule has 3 rings (SSSR count). The molecule has 1 aliphatic rings. The van der Waals surface area contributed by atoms with Gasteiger partial charge in [-0.3, -0.25) is 0 Å². The van der Waals surface area contributed by atoms with Crippen LogP contribution in [0.3, 0.4) is 0 Å². The Kier molecular flexibility index (Phi) is 3.51. The van der Waals surface area contributed by atoms with Crippen LogP contribution in [0.1, 0.15) is 61.9 Å². The standard InChI is InChI=1S/C17H23NOS/c1-4-13(16-6-5-9-20-16)18-8-7-12-14(18)10-17(2,3)11-15(12)19/h5-9,13,15,19H,4,10-11H2,1-3H3. The highest BCUT2D eigenvalue weighted by atomic mass is 32.1. The van der Waals surface area contributed by atoms with Gasteiger partial charge in [-0.15, -0.1) is 11.3 Å². The van der Waals surface area contributed by atoms with Crippen molar-refractivity contribution in [3.8, 4) is 0 Å². The van der Waals surface area contributed by atoms with Gasteiger partial charge in [-0.25, -0.2) is 0 Å². The number of aliphatic hydroxyl groups excluding tert-OH is 1. The van der Waals surface area contributed by atoms with E-state index < -0.39 is 0 Å². The van der Waals surface area contributed by atoms with Crippen LogP contribution in [0.4, 0.5) is 0 Å². The first-order valence-electron chi connectivity index (χ1n) is 7.43. The minimum atomic E-state index is -0.309. The number of aromatic nitrogens is 1. The molecule has 0 bridgehead atoms. The van der Waals surface area contributed by atoms with Crippen molar-refractivity contribution in [3.05, 3.63) is 45.9 Å². The molecule has 2 heterocycles. The van der Waals surface area contributed by atoms with Gasteiger partial charge in [-0.05, 0) is 42.2 Å². The summed E-state index contributed by atoms with van der Waals surface area (Å²) in [6.45, 7) is 6.74. The van der Waals surface area contributed by atoms with Crippen molar-refractivity contribution in [2.45, 2.75) is 52.2 Å². The number of fused-ring (bicyclic) bond motifs is 1. The topological polar surface area (TPSA) is 25.2 Å². The third-order valence-corrected chi connectivity index (χ3v) is 5.38. The highest BCUT2D eigenvalue weighted by molar-refractivity contribution is 7.10. The summed E-state index contributed by atoms with van der Waals surface area (Å²) < 4.78 is 2.39. The second-order valence-electron chi connectivity index (χ2n) is 6.63. The van der Waals surface area contributed by atoms with Crippen LogP contribution in [0.5, 0.6) is 0 Å². The summed E-state index contributed by atoms with van der Waals surface area (Å²) in [5, 5.41) is 12.5. The van der Waals surface area contributed by atoms with Crippen molar-refractivity contribution < 1.29 is 5.11 Å². The van der Waals surface area contributed by atoms with Crippen molar-refractivity contribution in [1.29, 1.82) is 0 Å². The maximum absolute atomic E-state index is 10.4. The van der Waals surface area contributed by atoms with Gasteiger partial charge in [0, 0.05) is 22.3 Å². The maximum atomic E-state index is 10.4. The number of aliphatic hydroxyl groups is 1. The minimum absolute atomic E-state index is 0.177. The van der Waals surface area contributed by atoms with Gasteiger partial charge in [0.1, 0.15) is 0 Å². The number of thiophene rings is 1. The van der Waals surface area contributed by atoms with E-state index in [9.17, 15) is 5.11 Å². The summed E-state index contributed by atoms with van der Waals surface area (Å²) in [6.07, 6.45) is 4.85. The van der Waals surface area contributed by atoms with Crippen molar-refractivity contribution in [2.24, 2.45) is 5.41 Å². The molecule has 2 atom stereocenters. The van der Waals surface area contributed by atoms with E-state index in [4.69, 9.17) is 0 Å². The lowest BCUT2D eigenvalue weighted by Gasteiger charge is -2.35. The Balaban J connectivity index is 2.04. The molecule has 0 aromatic carbocycles. The summed E-state index contributed by atoms with van der Waals surface area (Å²) in [6, 6.07) is 6.86. The fraction of sp³-hybridized carbons (Fsp3) is 0.529. The molecule has 108 valence electrons. The lowest BCUT2D eigenvalue weighted by Crippen LogP contribution is -2.27. The molecule has 2 aromatic rings. The summed E-state index contributed by atoms with van der Waals surface area (Å²) in [4.78, 5) is 1.41. The molecule has 0 aliphatic heterocycles. The summed E-state index contributed by atoms with van der Waals surface area (Å²) in [5.74, 6) is 0. The zero-order valence-corrected chi connectivity index (χ0v) is 13.3. The molecule has 3 heteroatoms. The van der Waals surface area contributed by atoms with Gasteiger partial charge in [0.15, 0.2) is 0 Å². The van der Waals surface area contributed by atoms with E-state index >= 15 is 0 Å². The summed E-state index contributed by atoms with van der Waals surface area (Å²) >= 11 is 1.82. The Bertz CT molecular complexity index is 582. The van der Waals surface area contributed by atoms with Crippen LogP contribution in [-0.2, 0) is 6.42 Å². The van der Waals surface area contributed by atoms with E-state index in [0.717, 1.165) is 24.8 Å². The number of nitrogens with zero attached hydrogens (tertiary/aromatic N) is 1. The maximum Gasteiger partial charge on any atom is 0.0812 e. The Hall–Kier alpha value is -1.06. The van der Waals surface area contributed by atoms with Crippen molar-refractivity contribution in [1.82, 2.24) is 4.57 Å². The molecule has 0 spiro atoms. The van der Waals surface area contributed by atoms with Gasteiger partial charge in [0.25, 0.3) is 0 Å². The van der Waals surface area contributed by atoms with E-state index in [2.05, 4.69) is 55.1 Å². The second-order valence-corrected chi connectivity index (χ2v) is 7.60. The first-order valence-corrected chi connectivity index (χ1v) is 8.31. The zero-order valence-electron chi connectivity index (χ0n) is 12.5. The lowest BCUT2D eigenvalue weighted by atomic mass is 9.75. The molecule has 0 amide bonds. The van der Waals surface area contributed by atoms with Crippen molar-refractivity contribution >= 4 is 11.3 Å². The lowest BCUT2D eigenvalue weighted by molar-refractivity contribution is 0.0976. The number of hydrogen-bond donors (Lipinski definition) is 1. The Morgan fingerprint density at radius 2 is 2.25 bits per heavy atom. The van der Waals surface area contributed by atoms with Gasteiger partial charge < -0.3 is 9.67 Å². The third kappa shape index (κ3) is 2.33. The third-order valence-electron chi connectivity index (χ3n) is 4.40. The monoisotopic (exact) mass is 289 g/mol. The molecular formula is C17H23NOS. The highest BCUT2D eigenvalue weighted by Crippen LogP contribution is 2.43. The van der Waals surface area contributed by atoms with E-state index in [-0.39, 0.29) is 11.5 Å². The van der Waals surface area contributed by atoms with Gasteiger partial charge in [0.05, 0.1) is 12.1 Å². The SMILES string of the molecule is CCC(c1cccs1)n1ccc2c1CC(C)(C)CC2O. The van der Waals surface area contributed by atoms with E-state index in [1.54, 1.807) is 0 Å². The van der Waals surface area contributed by atoms with E-state index in [1.807, 2.05) is 11.3 Å². The average molecular weight is 289 g/mol. The fourth-order valence-electron chi connectivity index (χ4n) is 3.46. The minimum Gasteiger partial charge on any atom is -0.388 e. The zero-order chi connectivity index (χ0) is 14.3. The normalized spacial score (nSPS) is 22.5. The van der Waals surface area contributed by atoms with Crippen molar-refractivity contribution in [2.75, 3.05) is 0 Å². The first kappa shape index (κ1) is 13.9. The molecular weight excluding hydrogens is 266 g/mol. The highest BCUT2D eigenvalue weighted by Gasteiger charge is 2.34. The molecule has 1 N–H and O–H groups in total. The average Bonchev–Trinajstić information content (AvgIpc) is 3.00. The number of rotatable bonds is 3. The largest absolute Gasteiger partial charge is 0.388 e. The molecule has 2 unspecified atom stereocenters. The predicted octanol–water partition coefficient (Wildman–Crippen LogP) is 4.55. The van der Waals surface area contributed by atoms with Gasteiger partial charge in [0.2, 0.25) is 0 Å². The van der Waals surface area contributed by atoms with Crippen LogP contribution in [0.25, 0.3) is 0 Å². The summed E-state index contributed by atoms with van der Waals surface area (Å²) in [5.41, 5.74) is 2.64. The summed E-state index contributed by atoms with van der Waals surface area (Å²) in [7, 11) is 0. The van der Waals surface area contributed by atoms with E-state index in [0.29, 0.717) is 6.04 Å². The molecule has 0 radical (unpaired) electrons. The first-order chi connectivity index (χ1) is 9.52. The smallest absolute Gasteiger partial charge is 0.0812 e. The Morgan fingerprint density at radius 1 is 1.45 bits per heavy atom. The van der Waals surface area contributed by atoms with Crippen LogP contribution in [0.15, 0.2) is 29.8 Å². The molecule has 0 fully saturated rings. The quantitative estimate of drug-likeness (QED) is 0.880. The molecule has 0 saturated carbocycles. The molecule has 2 nitrogen and oxygen atoms in total. The van der Waals surface area contributed by atoms with E-state index in [1.165, 1.54) is 10.6 Å². The Morgan fingerprint density at radius 3 is 2.90 bits per heavy atom. The molecule has 20 heavy (non-hydrogen) atoms. The van der Waals surface area contributed by atoms with Crippen molar-refractivity contribution in [3.63, 3.8) is 0 Å². The number of hydrogen-bond acceptors (Lipinski definition) is 2. The molecule has 2 aromatic heterocycles. The van der Waals surface area contributed by atoms with Gasteiger partial charge in [-0.1, -0.05) is 26.8 Å². The van der Waals surface area contributed by atoms with Gasteiger partial charge >= 0.3 is 0 Å². The van der Waals surface area contributed by atoms with Crippen LogP contribution in [0.2, 0.25) is 0 Å². The second kappa shape index (κ2) is 5.05. The van der Waals surface area contributed by atoms with Gasteiger partial charge in [-0.2, -0.15) is 0 Å². The molecule has 1 aliphatic carbocycles. The van der Waals surface area contributed by atoms with Crippen LogP contribution >= 0.6 is 11.3 Å². The van der Waals surface area contributed by atoms with Crippen LogP contribution < -0.4 is 0 Å². The fourth-order valence-corrected chi connectivity index (χ4v) is 4.37. The van der Waals surface area contributed by atoms with Crippen LogP contribution in [-0.4, -0.2) is 9.67 Å². The van der Waals surface area contributed by atoms with Crippen LogP contribution in [0, 0.1) is 5.41 Å². The molecule has 0 saturated heterocycles. The Labute approximate surface area is 125 Å².